The molecule has 2 amide bonds. The zero-order chi connectivity index (χ0) is 17.0. The SMILES string of the molecule is CC(C)(C)NC(=O)c1ccccc1NC(=O)[C@@H]1CC[C@H](CN)O1.Cl. The Hall–Kier alpha value is -1.63. The fourth-order valence-corrected chi connectivity index (χ4v) is 2.48. The lowest BCUT2D eigenvalue weighted by Gasteiger charge is -2.22. The number of rotatable bonds is 4. The lowest BCUT2D eigenvalue weighted by molar-refractivity contribution is -0.126. The predicted molar refractivity (Wildman–Crippen MR) is 96.5 cm³/mol. The quantitative estimate of drug-likeness (QED) is 0.770. The Labute approximate surface area is 148 Å². The van der Waals surface area contributed by atoms with Crippen molar-refractivity contribution in [3.05, 3.63) is 29.8 Å². The molecule has 0 aromatic heterocycles. The molecule has 6 nitrogen and oxygen atoms in total. The molecular formula is C17H26ClN3O3. The van der Waals surface area contributed by atoms with Crippen LogP contribution in [0.15, 0.2) is 24.3 Å². The van der Waals surface area contributed by atoms with Gasteiger partial charge in [0.25, 0.3) is 11.8 Å². The van der Waals surface area contributed by atoms with Crippen molar-refractivity contribution in [1.29, 1.82) is 0 Å². The molecule has 1 aliphatic rings. The molecular weight excluding hydrogens is 330 g/mol. The Morgan fingerprint density at radius 1 is 1.25 bits per heavy atom. The van der Waals surface area contributed by atoms with E-state index in [1.807, 2.05) is 20.8 Å². The van der Waals surface area contributed by atoms with Crippen molar-refractivity contribution in [2.75, 3.05) is 11.9 Å². The normalized spacial score (nSPS) is 20.2. The molecule has 0 saturated carbocycles. The Bertz CT molecular complexity index is 587. The number of amides is 2. The summed E-state index contributed by atoms with van der Waals surface area (Å²) in [6.45, 7) is 6.14. The number of hydrogen-bond acceptors (Lipinski definition) is 4. The Balaban J connectivity index is 0.00000288. The lowest BCUT2D eigenvalue weighted by Crippen LogP contribution is -2.41. The molecule has 1 aromatic carbocycles. The van der Waals surface area contributed by atoms with Gasteiger partial charge in [-0.05, 0) is 45.7 Å². The predicted octanol–water partition coefficient (Wildman–Crippen LogP) is 2.08. The summed E-state index contributed by atoms with van der Waals surface area (Å²) in [5.74, 6) is -0.461. The van der Waals surface area contributed by atoms with Crippen LogP contribution in [0.2, 0.25) is 0 Å². The molecule has 4 N–H and O–H groups in total. The van der Waals surface area contributed by atoms with E-state index in [4.69, 9.17) is 10.5 Å². The first-order valence-corrected chi connectivity index (χ1v) is 7.88. The van der Waals surface area contributed by atoms with Crippen LogP contribution in [0.4, 0.5) is 5.69 Å². The van der Waals surface area contributed by atoms with E-state index in [1.165, 1.54) is 0 Å². The number of nitrogens with two attached hydrogens (primary N) is 1. The molecule has 24 heavy (non-hydrogen) atoms. The topological polar surface area (TPSA) is 93.5 Å². The molecule has 1 aliphatic heterocycles. The molecule has 0 unspecified atom stereocenters. The van der Waals surface area contributed by atoms with Crippen molar-refractivity contribution in [2.45, 2.75) is 51.4 Å². The summed E-state index contributed by atoms with van der Waals surface area (Å²) in [4.78, 5) is 24.7. The fraction of sp³-hybridized carbons (Fsp3) is 0.529. The monoisotopic (exact) mass is 355 g/mol. The number of halogens is 1. The van der Waals surface area contributed by atoms with Gasteiger partial charge >= 0.3 is 0 Å². The Kier molecular flexibility index (Phi) is 7.20. The minimum atomic E-state index is -0.512. The third-order valence-electron chi connectivity index (χ3n) is 3.58. The Morgan fingerprint density at radius 3 is 2.50 bits per heavy atom. The summed E-state index contributed by atoms with van der Waals surface area (Å²) in [5, 5.41) is 5.69. The summed E-state index contributed by atoms with van der Waals surface area (Å²) in [5.41, 5.74) is 6.13. The fourth-order valence-electron chi connectivity index (χ4n) is 2.48. The van der Waals surface area contributed by atoms with Crippen molar-refractivity contribution >= 4 is 29.9 Å². The second kappa shape index (κ2) is 8.46. The second-order valence-corrected chi connectivity index (χ2v) is 6.80. The van der Waals surface area contributed by atoms with Crippen LogP contribution in [0.25, 0.3) is 0 Å². The van der Waals surface area contributed by atoms with Gasteiger partial charge in [0.15, 0.2) is 0 Å². The van der Waals surface area contributed by atoms with Crippen molar-refractivity contribution in [3.63, 3.8) is 0 Å². The first-order chi connectivity index (χ1) is 10.8. The number of carbonyl (C=O) groups excluding carboxylic acids is 2. The third-order valence-corrected chi connectivity index (χ3v) is 3.58. The smallest absolute Gasteiger partial charge is 0.253 e. The molecule has 7 heteroatoms. The minimum Gasteiger partial charge on any atom is -0.364 e. The van der Waals surface area contributed by atoms with Crippen LogP contribution in [0.5, 0.6) is 0 Å². The van der Waals surface area contributed by atoms with E-state index in [-0.39, 0.29) is 35.9 Å². The molecule has 134 valence electrons. The molecule has 0 aliphatic carbocycles. The van der Waals surface area contributed by atoms with Crippen LogP contribution >= 0.6 is 12.4 Å². The Morgan fingerprint density at radius 2 is 1.92 bits per heavy atom. The summed E-state index contributed by atoms with van der Waals surface area (Å²) >= 11 is 0. The van der Waals surface area contributed by atoms with Gasteiger partial charge in [-0.25, -0.2) is 0 Å². The van der Waals surface area contributed by atoms with Crippen molar-refractivity contribution in [2.24, 2.45) is 5.73 Å². The summed E-state index contributed by atoms with van der Waals surface area (Å²) in [7, 11) is 0. The maximum absolute atomic E-state index is 12.4. The van der Waals surface area contributed by atoms with E-state index in [2.05, 4.69) is 10.6 Å². The van der Waals surface area contributed by atoms with E-state index < -0.39 is 6.10 Å². The maximum Gasteiger partial charge on any atom is 0.253 e. The highest BCUT2D eigenvalue weighted by Gasteiger charge is 2.30. The summed E-state index contributed by atoms with van der Waals surface area (Å²) in [6, 6.07) is 6.95. The first kappa shape index (κ1) is 20.4. The van der Waals surface area contributed by atoms with Crippen LogP contribution in [0.3, 0.4) is 0 Å². The van der Waals surface area contributed by atoms with Crippen molar-refractivity contribution in [3.8, 4) is 0 Å². The van der Waals surface area contributed by atoms with Crippen molar-refractivity contribution < 1.29 is 14.3 Å². The van der Waals surface area contributed by atoms with Gasteiger partial charge in [-0.15, -0.1) is 12.4 Å². The number of anilines is 1. The number of ether oxygens (including phenoxy) is 1. The van der Waals surface area contributed by atoms with Gasteiger partial charge in [0.2, 0.25) is 0 Å². The van der Waals surface area contributed by atoms with Gasteiger partial charge in [0, 0.05) is 12.1 Å². The van der Waals surface area contributed by atoms with E-state index in [9.17, 15) is 9.59 Å². The van der Waals surface area contributed by atoms with E-state index >= 15 is 0 Å². The number of para-hydroxylation sites is 1. The molecule has 1 fully saturated rings. The average Bonchev–Trinajstić information content (AvgIpc) is 2.95. The van der Waals surface area contributed by atoms with Crippen LogP contribution in [0.1, 0.15) is 44.0 Å². The molecule has 0 bridgehead atoms. The molecule has 1 heterocycles. The highest BCUT2D eigenvalue weighted by atomic mass is 35.5. The largest absolute Gasteiger partial charge is 0.364 e. The van der Waals surface area contributed by atoms with E-state index in [0.717, 1.165) is 6.42 Å². The minimum absolute atomic E-state index is 0. The highest BCUT2D eigenvalue weighted by Crippen LogP contribution is 2.22. The number of benzene rings is 1. The zero-order valence-electron chi connectivity index (χ0n) is 14.3. The van der Waals surface area contributed by atoms with Crippen LogP contribution in [-0.2, 0) is 9.53 Å². The van der Waals surface area contributed by atoms with E-state index in [1.54, 1.807) is 24.3 Å². The molecule has 1 aromatic rings. The van der Waals surface area contributed by atoms with Gasteiger partial charge in [-0.1, -0.05) is 12.1 Å². The molecule has 0 spiro atoms. The molecule has 2 atom stereocenters. The summed E-state index contributed by atoms with van der Waals surface area (Å²) in [6.07, 6.45) is 0.845. The number of hydrogen-bond donors (Lipinski definition) is 3. The molecule has 2 rings (SSSR count). The molecule has 0 radical (unpaired) electrons. The maximum atomic E-state index is 12.4. The van der Waals surface area contributed by atoms with Gasteiger partial charge in [0.1, 0.15) is 6.10 Å². The van der Waals surface area contributed by atoms with Gasteiger partial charge in [-0.2, -0.15) is 0 Å². The standard InChI is InChI=1S/C17H25N3O3.ClH/c1-17(2,3)20-15(21)12-6-4-5-7-13(12)19-16(22)14-9-8-11(10-18)23-14;/h4-7,11,14H,8-10,18H2,1-3H3,(H,19,22)(H,20,21);1H/t11-,14+;/m1./s1. The third kappa shape index (κ3) is 5.47. The van der Waals surface area contributed by atoms with Gasteiger partial charge < -0.3 is 21.1 Å². The van der Waals surface area contributed by atoms with Crippen LogP contribution in [0, 0.1) is 0 Å². The number of nitrogens with one attached hydrogen (secondary N) is 2. The van der Waals surface area contributed by atoms with Crippen LogP contribution < -0.4 is 16.4 Å². The summed E-state index contributed by atoms with van der Waals surface area (Å²) < 4.78 is 5.59. The average molecular weight is 356 g/mol. The van der Waals surface area contributed by atoms with Gasteiger partial charge in [-0.3, -0.25) is 9.59 Å². The van der Waals surface area contributed by atoms with Crippen molar-refractivity contribution in [1.82, 2.24) is 5.32 Å². The number of carbonyl (C=O) groups is 2. The molecule has 1 saturated heterocycles. The lowest BCUT2D eigenvalue weighted by atomic mass is 10.1. The van der Waals surface area contributed by atoms with E-state index in [0.29, 0.717) is 24.2 Å². The first-order valence-electron chi connectivity index (χ1n) is 7.88. The highest BCUT2D eigenvalue weighted by molar-refractivity contribution is 6.04. The zero-order valence-corrected chi connectivity index (χ0v) is 15.1. The van der Waals surface area contributed by atoms with Gasteiger partial charge in [0.05, 0.1) is 17.4 Å². The van der Waals surface area contributed by atoms with Crippen LogP contribution in [-0.4, -0.2) is 36.1 Å². The second-order valence-electron chi connectivity index (χ2n) is 6.80.